The monoisotopic (exact) mass is 404 g/mol. The molecule has 0 fully saturated rings. The summed E-state index contributed by atoms with van der Waals surface area (Å²) in [5.41, 5.74) is 1.01. The van der Waals surface area contributed by atoms with Gasteiger partial charge in [-0.1, -0.05) is 17.7 Å². The smallest absolute Gasteiger partial charge is 0.291 e. The Bertz CT molecular complexity index is 963. The molecular weight excluding hydrogens is 391 g/mol. The van der Waals surface area contributed by atoms with Gasteiger partial charge >= 0.3 is 0 Å². The molecule has 0 aliphatic carbocycles. The number of hydrogen-bond donors (Lipinski definition) is 2. The van der Waals surface area contributed by atoms with Gasteiger partial charge in [0.15, 0.2) is 5.76 Å². The summed E-state index contributed by atoms with van der Waals surface area (Å²) in [5.74, 6) is -0.798. The molecule has 3 rings (SSSR count). The second-order valence-electron chi connectivity index (χ2n) is 5.42. The predicted octanol–water partition coefficient (Wildman–Crippen LogP) is 5.06. The molecule has 1 heterocycles. The number of thioether (sulfide) groups is 1. The lowest BCUT2D eigenvalue weighted by Crippen LogP contribution is -2.14. The number of nitrogens with one attached hydrogen (secondary N) is 2. The summed E-state index contributed by atoms with van der Waals surface area (Å²) in [6.45, 7) is 0. The number of rotatable bonds is 6. The van der Waals surface area contributed by atoms with E-state index in [2.05, 4.69) is 10.6 Å². The zero-order valence-corrected chi connectivity index (χ0v) is 15.4. The topological polar surface area (TPSA) is 71.3 Å². The fraction of sp³-hybridized carbons (Fsp3) is 0.0526. The van der Waals surface area contributed by atoms with Crippen LogP contribution >= 0.6 is 23.4 Å². The molecular formula is C19H14ClFN2O3S. The van der Waals surface area contributed by atoms with Crippen molar-refractivity contribution in [1.82, 2.24) is 0 Å². The fourth-order valence-electron chi connectivity index (χ4n) is 2.18. The molecule has 0 atom stereocenters. The number of anilines is 2. The summed E-state index contributed by atoms with van der Waals surface area (Å²) < 4.78 is 18.2. The van der Waals surface area contributed by atoms with Gasteiger partial charge in [-0.15, -0.1) is 11.8 Å². The van der Waals surface area contributed by atoms with Gasteiger partial charge in [0.05, 0.1) is 17.0 Å². The van der Waals surface area contributed by atoms with E-state index in [1.807, 2.05) is 6.07 Å². The van der Waals surface area contributed by atoms with Crippen molar-refractivity contribution >= 4 is 46.6 Å². The van der Waals surface area contributed by atoms with Crippen molar-refractivity contribution in [3.63, 3.8) is 0 Å². The van der Waals surface area contributed by atoms with Crippen LogP contribution in [0.25, 0.3) is 0 Å². The average Bonchev–Trinajstić information content (AvgIpc) is 3.18. The highest BCUT2D eigenvalue weighted by Crippen LogP contribution is 2.23. The van der Waals surface area contributed by atoms with Crippen molar-refractivity contribution < 1.29 is 18.4 Å². The van der Waals surface area contributed by atoms with Crippen molar-refractivity contribution in [2.45, 2.75) is 4.90 Å². The summed E-state index contributed by atoms with van der Waals surface area (Å²) in [6.07, 6.45) is 1.42. The molecule has 0 bridgehead atoms. The molecule has 1 aromatic heterocycles. The van der Waals surface area contributed by atoms with Gasteiger partial charge in [-0.05, 0) is 48.5 Å². The van der Waals surface area contributed by atoms with E-state index in [4.69, 9.17) is 16.0 Å². The Kier molecular flexibility index (Phi) is 6.16. The first kappa shape index (κ1) is 19.0. The van der Waals surface area contributed by atoms with Crippen molar-refractivity contribution in [2.75, 3.05) is 16.4 Å². The Morgan fingerprint density at radius 3 is 2.59 bits per heavy atom. The molecule has 0 saturated heterocycles. The first-order chi connectivity index (χ1) is 13.0. The van der Waals surface area contributed by atoms with Gasteiger partial charge in [-0.25, -0.2) is 4.39 Å². The Morgan fingerprint density at radius 2 is 1.85 bits per heavy atom. The molecule has 0 aliphatic heterocycles. The Morgan fingerprint density at radius 1 is 1.04 bits per heavy atom. The first-order valence-corrected chi connectivity index (χ1v) is 9.20. The fourth-order valence-corrected chi connectivity index (χ4v) is 3.12. The zero-order chi connectivity index (χ0) is 19.2. The number of halogens is 2. The van der Waals surface area contributed by atoms with E-state index < -0.39 is 5.82 Å². The van der Waals surface area contributed by atoms with Gasteiger partial charge < -0.3 is 15.1 Å². The molecule has 0 unspecified atom stereocenters. The van der Waals surface area contributed by atoms with E-state index in [9.17, 15) is 14.0 Å². The second kappa shape index (κ2) is 8.75. The van der Waals surface area contributed by atoms with E-state index in [1.165, 1.54) is 36.2 Å². The van der Waals surface area contributed by atoms with Crippen LogP contribution in [0.1, 0.15) is 10.6 Å². The van der Waals surface area contributed by atoms with Crippen LogP contribution in [0.2, 0.25) is 5.02 Å². The molecule has 2 aromatic carbocycles. The van der Waals surface area contributed by atoms with E-state index in [-0.39, 0.29) is 28.4 Å². The van der Waals surface area contributed by atoms with Gasteiger partial charge in [0, 0.05) is 16.3 Å². The van der Waals surface area contributed by atoms with Crippen molar-refractivity contribution in [2.24, 2.45) is 0 Å². The number of carbonyl (C=O) groups is 2. The van der Waals surface area contributed by atoms with Crippen LogP contribution in [0.3, 0.4) is 0 Å². The zero-order valence-electron chi connectivity index (χ0n) is 13.9. The third-order valence-corrected chi connectivity index (χ3v) is 4.69. The Balaban J connectivity index is 1.55. The SMILES string of the molecule is O=C(CSc1cccc(NC(=O)c2ccco2)c1)Nc1ccc(F)c(Cl)c1. The number of carbonyl (C=O) groups excluding carboxylic acids is 2. The molecule has 0 saturated carbocycles. The molecule has 2 amide bonds. The van der Waals surface area contributed by atoms with Crippen molar-refractivity contribution in [3.8, 4) is 0 Å². The summed E-state index contributed by atoms with van der Waals surface area (Å²) in [5, 5.41) is 5.32. The van der Waals surface area contributed by atoms with E-state index >= 15 is 0 Å². The highest BCUT2D eigenvalue weighted by molar-refractivity contribution is 8.00. The lowest BCUT2D eigenvalue weighted by Gasteiger charge is -2.08. The van der Waals surface area contributed by atoms with E-state index in [0.717, 1.165) is 4.90 Å². The molecule has 0 spiro atoms. The maximum Gasteiger partial charge on any atom is 0.291 e. The number of benzene rings is 2. The van der Waals surface area contributed by atoms with Crippen LogP contribution in [0.5, 0.6) is 0 Å². The summed E-state index contributed by atoms with van der Waals surface area (Å²) in [7, 11) is 0. The third kappa shape index (κ3) is 5.35. The normalized spacial score (nSPS) is 10.4. The molecule has 138 valence electrons. The third-order valence-electron chi connectivity index (χ3n) is 3.41. The predicted molar refractivity (Wildman–Crippen MR) is 104 cm³/mol. The van der Waals surface area contributed by atoms with Gasteiger partial charge in [0.2, 0.25) is 5.91 Å². The molecule has 0 radical (unpaired) electrons. The summed E-state index contributed by atoms with van der Waals surface area (Å²) in [4.78, 5) is 24.8. The van der Waals surface area contributed by atoms with Crippen LogP contribution in [-0.4, -0.2) is 17.6 Å². The minimum absolute atomic E-state index is 0.0551. The quantitative estimate of drug-likeness (QED) is 0.563. The maximum absolute atomic E-state index is 13.1. The minimum Gasteiger partial charge on any atom is -0.459 e. The van der Waals surface area contributed by atoms with Crippen LogP contribution in [0.15, 0.2) is 70.2 Å². The lowest BCUT2D eigenvalue weighted by atomic mass is 10.3. The highest BCUT2D eigenvalue weighted by Gasteiger charge is 2.10. The van der Waals surface area contributed by atoms with Gasteiger partial charge in [0.1, 0.15) is 5.82 Å². The van der Waals surface area contributed by atoms with E-state index in [0.29, 0.717) is 11.4 Å². The molecule has 2 N–H and O–H groups in total. The van der Waals surface area contributed by atoms with Crippen LogP contribution in [0.4, 0.5) is 15.8 Å². The number of amides is 2. The van der Waals surface area contributed by atoms with Crippen molar-refractivity contribution in [1.29, 1.82) is 0 Å². The molecule has 27 heavy (non-hydrogen) atoms. The van der Waals surface area contributed by atoms with Gasteiger partial charge in [0.25, 0.3) is 5.91 Å². The summed E-state index contributed by atoms with van der Waals surface area (Å²) >= 11 is 6.99. The number of furan rings is 1. The Hall–Kier alpha value is -2.77. The minimum atomic E-state index is -0.544. The first-order valence-electron chi connectivity index (χ1n) is 7.84. The molecule has 8 heteroatoms. The lowest BCUT2D eigenvalue weighted by molar-refractivity contribution is -0.113. The largest absolute Gasteiger partial charge is 0.459 e. The van der Waals surface area contributed by atoms with Crippen molar-refractivity contribution in [3.05, 3.63) is 77.5 Å². The summed E-state index contributed by atoms with van der Waals surface area (Å²) in [6, 6.07) is 14.3. The second-order valence-corrected chi connectivity index (χ2v) is 6.88. The Labute approximate surface area is 163 Å². The van der Waals surface area contributed by atoms with Gasteiger partial charge in [-0.3, -0.25) is 9.59 Å². The highest BCUT2D eigenvalue weighted by atomic mass is 35.5. The van der Waals surface area contributed by atoms with E-state index in [1.54, 1.807) is 30.3 Å². The molecule has 5 nitrogen and oxygen atoms in total. The van der Waals surface area contributed by atoms with Crippen LogP contribution in [0, 0.1) is 5.82 Å². The maximum atomic E-state index is 13.1. The van der Waals surface area contributed by atoms with Crippen LogP contribution in [-0.2, 0) is 4.79 Å². The molecule has 0 aliphatic rings. The van der Waals surface area contributed by atoms with Gasteiger partial charge in [-0.2, -0.15) is 0 Å². The average molecular weight is 405 g/mol. The molecule has 3 aromatic rings. The van der Waals surface area contributed by atoms with Crippen LogP contribution < -0.4 is 10.6 Å². The number of hydrogen-bond acceptors (Lipinski definition) is 4. The standard InChI is InChI=1S/C19H14ClFN2O3S/c20-15-10-13(6-7-16(15)21)22-18(24)11-27-14-4-1-3-12(9-14)23-19(25)17-5-2-8-26-17/h1-10H,11H2,(H,22,24)(H,23,25).